The molecule has 0 aliphatic heterocycles. The molecule has 188 valence electrons. The Morgan fingerprint density at radius 2 is 1.57 bits per heavy atom. The number of pyridine rings is 1. The lowest BCUT2D eigenvalue weighted by Crippen LogP contribution is -2.33. The molecular weight excluding hydrogens is 470 g/mol. The van der Waals surface area contributed by atoms with Crippen LogP contribution in [0.1, 0.15) is 57.2 Å². The Kier molecular flexibility index (Phi) is 5.58. The lowest BCUT2D eigenvalue weighted by Gasteiger charge is -2.42. The van der Waals surface area contributed by atoms with Crippen molar-refractivity contribution in [1.29, 1.82) is 0 Å². The summed E-state index contributed by atoms with van der Waals surface area (Å²) >= 11 is 1.79. The van der Waals surface area contributed by atoms with Gasteiger partial charge in [-0.1, -0.05) is 58.0 Å². The summed E-state index contributed by atoms with van der Waals surface area (Å²) in [6, 6.07) is 22.6. The van der Waals surface area contributed by atoms with Gasteiger partial charge in [0.1, 0.15) is 18.2 Å². The summed E-state index contributed by atoms with van der Waals surface area (Å²) in [4.78, 5) is 1.26. The summed E-state index contributed by atoms with van der Waals surface area (Å²) in [5.41, 5.74) is 11.3. The van der Waals surface area contributed by atoms with E-state index in [-0.39, 0.29) is 10.8 Å². The van der Waals surface area contributed by atoms with Crippen LogP contribution in [0.25, 0.3) is 44.3 Å². The molecule has 3 heteroatoms. The Labute approximate surface area is 224 Å². The van der Waals surface area contributed by atoms with Crippen LogP contribution >= 0.6 is 11.8 Å². The molecule has 0 amide bonds. The van der Waals surface area contributed by atoms with Gasteiger partial charge in [-0.3, -0.25) is 0 Å². The molecule has 2 aromatic heterocycles. The van der Waals surface area contributed by atoms with Crippen LogP contribution in [0.2, 0.25) is 0 Å². The van der Waals surface area contributed by atoms with E-state index in [1.165, 1.54) is 61.9 Å². The second-order valence-electron chi connectivity index (χ2n) is 12.0. The third kappa shape index (κ3) is 3.82. The van der Waals surface area contributed by atoms with Gasteiger partial charge in [-0.2, -0.15) is 0 Å². The second kappa shape index (κ2) is 8.49. The quantitative estimate of drug-likeness (QED) is 0.179. The molecule has 0 spiro atoms. The van der Waals surface area contributed by atoms with Crippen LogP contribution in [0, 0.1) is 6.92 Å². The molecule has 0 radical (unpaired) electrons. The van der Waals surface area contributed by atoms with Gasteiger partial charge in [0, 0.05) is 33.4 Å². The Bertz CT molecular complexity index is 1690. The number of aryl methyl sites for hydroxylation is 2. The SMILES string of the molecule is CSc1cc(-c2ccc3c(c2)C(C)(C)CCC3(C)C)c2oc3c(-c4cccc[n+]4C)c(C)ccc3c2c1. The standard InChI is InChI=1S/C34H36NOS/c1-21-11-13-24-26-20-23(37-7)19-25(31(26)36-32(24)30(21)29-10-8-9-17-35(29)6)22-12-14-27-28(18-22)34(4,5)16-15-33(27,2)3/h8-14,17-20H,15-16H2,1-7H3/q+1. The third-order valence-electron chi connectivity index (χ3n) is 8.63. The molecule has 3 aromatic carbocycles. The van der Waals surface area contributed by atoms with Gasteiger partial charge in [0.2, 0.25) is 5.69 Å². The molecular formula is C34H36NOS+. The lowest BCUT2D eigenvalue weighted by atomic mass is 9.63. The van der Waals surface area contributed by atoms with Crippen molar-refractivity contribution in [3.8, 4) is 22.4 Å². The van der Waals surface area contributed by atoms with Crippen molar-refractivity contribution in [2.75, 3.05) is 6.26 Å². The summed E-state index contributed by atoms with van der Waals surface area (Å²) in [6.07, 6.45) is 6.69. The minimum atomic E-state index is 0.164. The van der Waals surface area contributed by atoms with Crippen LogP contribution < -0.4 is 4.57 Å². The summed E-state index contributed by atoms with van der Waals surface area (Å²) in [5, 5.41) is 2.37. The topological polar surface area (TPSA) is 17.0 Å². The van der Waals surface area contributed by atoms with Gasteiger partial charge in [-0.25, -0.2) is 4.57 Å². The number of aromatic nitrogens is 1. The predicted octanol–water partition coefficient (Wildman–Crippen LogP) is 9.12. The number of benzene rings is 3. The van der Waals surface area contributed by atoms with E-state index in [0.29, 0.717) is 0 Å². The zero-order chi connectivity index (χ0) is 26.1. The van der Waals surface area contributed by atoms with Crippen LogP contribution in [-0.4, -0.2) is 6.26 Å². The highest BCUT2D eigenvalue weighted by Crippen LogP contribution is 2.48. The molecule has 0 N–H and O–H groups in total. The molecule has 0 unspecified atom stereocenters. The van der Waals surface area contributed by atoms with Crippen molar-refractivity contribution >= 4 is 33.7 Å². The van der Waals surface area contributed by atoms with Crippen LogP contribution in [0.15, 0.2) is 76.2 Å². The maximum atomic E-state index is 6.87. The fourth-order valence-electron chi connectivity index (χ4n) is 6.20. The number of fused-ring (bicyclic) bond motifs is 4. The van der Waals surface area contributed by atoms with Gasteiger partial charge >= 0.3 is 0 Å². The second-order valence-corrected chi connectivity index (χ2v) is 12.9. The average molecular weight is 507 g/mol. The Hall–Kier alpha value is -3.04. The third-order valence-corrected chi connectivity index (χ3v) is 9.34. The van der Waals surface area contributed by atoms with E-state index in [9.17, 15) is 0 Å². The summed E-state index contributed by atoms with van der Waals surface area (Å²) < 4.78 is 9.05. The number of nitrogens with zero attached hydrogens (tertiary/aromatic N) is 1. The molecule has 0 saturated carbocycles. The Balaban J connectivity index is 1.66. The molecule has 5 aromatic rings. The molecule has 1 aliphatic carbocycles. The van der Waals surface area contributed by atoms with Crippen LogP contribution in [0.3, 0.4) is 0 Å². The van der Waals surface area contributed by atoms with Gasteiger partial charge in [-0.05, 0) is 77.3 Å². The van der Waals surface area contributed by atoms with Crippen LogP contribution in [0.5, 0.6) is 0 Å². The van der Waals surface area contributed by atoms with Crippen molar-refractivity contribution in [2.45, 2.75) is 63.2 Å². The largest absolute Gasteiger partial charge is 0.454 e. The van der Waals surface area contributed by atoms with Crippen molar-refractivity contribution in [2.24, 2.45) is 7.05 Å². The number of hydrogen-bond acceptors (Lipinski definition) is 2. The van der Waals surface area contributed by atoms with Crippen molar-refractivity contribution in [3.63, 3.8) is 0 Å². The molecule has 1 aliphatic rings. The van der Waals surface area contributed by atoms with Crippen LogP contribution in [0.4, 0.5) is 0 Å². The van der Waals surface area contributed by atoms with Gasteiger partial charge in [-0.15, -0.1) is 11.8 Å². The first-order chi connectivity index (χ1) is 17.6. The fraction of sp³-hybridized carbons (Fsp3) is 0.324. The predicted molar refractivity (Wildman–Crippen MR) is 158 cm³/mol. The van der Waals surface area contributed by atoms with Gasteiger partial charge in [0.05, 0.1) is 5.56 Å². The van der Waals surface area contributed by atoms with E-state index in [4.69, 9.17) is 4.42 Å². The summed E-state index contributed by atoms with van der Waals surface area (Å²) in [5.74, 6) is 0. The normalized spacial score (nSPS) is 16.3. The molecule has 37 heavy (non-hydrogen) atoms. The highest BCUT2D eigenvalue weighted by molar-refractivity contribution is 7.98. The van der Waals surface area contributed by atoms with E-state index >= 15 is 0 Å². The van der Waals surface area contributed by atoms with E-state index in [1.54, 1.807) is 11.8 Å². The lowest BCUT2D eigenvalue weighted by molar-refractivity contribution is -0.660. The number of thioether (sulfide) groups is 1. The van der Waals surface area contributed by atoms with Crippen molar-refractivity contribution < 1.29 is 8.98 Å². The summed E-state index contributed by atoms with van der Waals surface area (Å²) in [6.45, 7) is 11.8. The molecule has 2 nitrogen and oxygen atoms in total. The van der Waals surface area contributed by atoms with E-state index in [2.05, 4.69) is 119 Å². The minimum Gasteiger partial charge on any atom is -0.454 e. The van der Waals surface area contributed by atoms with Crippen molar-refractivity contribution in [3.05, 3.63) is 83.6 Å². The highest BCUT2D eigenvalue weighted by Gasteiger charge is 2.37. The Morgan fingerprint density at radius 3 is 2.30 bits per heavy atom. The molecule has 2 heterocycles. The van der Waals surface area contributed by atoms with Gasteiger partial charge in [0.25, 0.3) is 0 Å². The fourth-order valence-corrected chi connectivity index (χ4v) is 6.67. The molecule has 0 saturated heterocycles. The zero-order valence-electron chi connectivity index (χ0n) is 23.0. The number of hydrogen-bond donors (Lipinski definition) is 0. The smallest absolute Gasteiger partial charge is 0.216 e. The van der Waals surface area contributed by atoms with Gasteiger partial charge < -0.3 is 4.42 Å². The maximum Gasteiger partial charge on any atom is 0.216 e. The van der Waals surface area contributed by atoms with Crippen molar-refractivity contribution in [1.82, 2.24) is 0 Å². The molecule has 0 fully saturated rings. The molecule has 6 rings (SSSR count). The van der Waals surface area contributed by atoms with E-state index in [0.717, 1.165) is 16.9 Å². The maximum absolute atomic E-state index is 6.87. The molecule has 0 atom stereocenters. The van der Waals surface area contributed by atoms with Gasteiger partial charge in [0.15, 0.2) is 6.20 Å². The van der Waals surface area contributed by atoms with Crippen LogP contribution in [-0.2, 0) is 17.9 Å². The highest BCUT2D eigenvalue weighted by atomic mass is 32.2. The monoisotopic (exact) mass is 506 g/mol. The zero-order valence-corrected chi connectivity index (χ0v) is 23.8. The minimum absolute atomic E-state index is 0.164. The first kappa shape index (κ1) is 24.3. The molecule has 0 bridgehead atoms. The van der Waals surface area contributed by atoms with E-state index < -0.39 is 0 Å². The number of rotatable bonds is 3. The average Bonchev–Trinajstić information content (AvgIpc) is 3.25. The summed E-state index contributed by atoms with van der Waals surface area (Å²) in [7, 11) is 2.10. The first-order valence-corrected chi connectivity index (χ1v) is 14.5. The van der Waals surface area contributed by atoms with E-state index in [1.807, 2.05) is 0 Å². The first-order valence-electron chi connectivity index (χ1n) is 13.2. The number of furan rings is 1. The Morgan fingerprint density at radius 1 is 0.811 bits per heavy atom.